The van der Waals surface area contributed by atoms with Crippen LogP contribution in [-0.2, 0) is 4.79 Å². The lowest BCUT2D eigenvalue weighted by atomic mass is 10.1. The molecule has 1 atom stereocenters. The average Bonchev–Trinajstić information content (AvgIpc) is 3.43. The van der Waals surface area contributed by atoms with Gasteiger partial charge in [-0.1, -0.05) is 18.2 Å². The van der Waals surface area contributed by atoms with E-state index in [9.17, 15) is 4.79 Å². The number of imidazole rings is 1. The van der Waals surface area contributed by atoms with E-state index in [1.54, 1.807) is 6.08 Å². The maximum atomic E-state index is 12.8. The van der Waals surface area contributed by atoms with Crippen LogP contribution in [0.5, 0.6) is 11.5 Å². The fourth-order valence-corrected chi connectivity index (χ4v) is 3.73. The van der Waals surface area contributed by atoms with Gasteiger partial charge in [-0.05, 0) is 48.7 Å². The number of amides is 1. The van der Waals surface area contributed by atoms with Crippen molar-refractivity contribution in [1.82, 2.24) is 14.9 Å². The van der Waals surface area contributed by atoms with Crippen molar-refractivity contribution < 1.29 is 14.3 Å². The van der Waals surface area contributed by atoms with Crippen molar-refractivity contribution in [3.05, 3.63) is 59.9 Å². The van der Waals surface area contributed by atoms with Crippen molar-refractivity contribution in [3.8, 4) is 11.5 Å². The van der Waals surface area contributed by atoms with Gasteiger partial charge in [0.05, 0.1) is 17.1 Å². The highest BCUT2D eigenvalue weighted by Crippen LogP contribution is 2.34. The van der Waals surface area contributed by atoms with Gasteiger partial charge in [0.1, 0.15) is 5.82 Å². The number of rotatable bonds is 3. The molecule has 2 aliphatic heterocycles. The molecule has 1 N–H and O–H groups in total. The molecule has 1 aromatic heterocycles. The minimum atomic E-state index is -0.00805. The largest absolute Gasteiger partial charge is 0.454 e. The summed E-state index contributed by atoms with van der Waals surface area (Å²) in [6.45, 7) is 0.987. The minimum absolute atomic E-state index is 0.00405. The smallest absolute Gasteiger partial charge is 0.247 e. The first-order valence-corrected chi connectivity index (χ1v) is 9.11. The molecule has 0 radical (unpaired) electrons. The van der Waals surface area contributed by atoms with Crippen molar-refractivity contribution in [1.29, 1.82) is 0 Å². The highest BCUT2D eigenvalue weighted by molar-refractivity contribution is 5.92. The molecule has 136 valence electrons. The molecule has 3 heterocycles. The van der Waals surface area contributed by atoms with Crippen molar-refractivity contribution in [2.24, 2.45) is 0 Å². The molecule has 6 heteroatoms. The highest BCUT2D eigenvalue weighted by atomic mass is 16.7. The third-order valence-electron chi connectivity index (χ3n) is 5.07. The SMILES string of the molecule is O=C(C=Cc1ccc2c(c1)OCO2)N1CCCC1c1nc2ccccc2[nH]1. The molecule has 0 aliphatic carbocycles. The summed E-state index contributed by atoms with van der Waals surface area (Å²) in [6, 6.07) is 13.6. The molecule has 6 nitrogen and oxygen atoms in total. The summed E-state index contributed by atoms with van der Waals surface area (Å²) in [5, 5.41) is 0. The highest BCUT2D eigenvalue weighted by Gasteiger charge is 2.31. The van der Waals surface area contributed by atoms with Gasteiger partial charge in [-0.3, -0.25) is 4.79 Å². The number of aromatic amines is 1. The summed E-state index contributed by atoms with van der Waals surface area (Å²) < 4.78 is 10.7. The fraction of sp³-hybridized carbons (Fsp3) is 0.238. The van der Waals surface area contributed by atoms with Crippen LogP contribution in [-0.4, -0.2) is 34.1 Å². The summed E-state index contributed by atoms with van der Waals surface area (Å²) in [5.74, 6) is 2.31. The zero-order valence-corrected chi connectivity index (χ0v) is 14.7. The van der Waals surface area contributed by atoms with Crippen LogP contribution in [0, 0.1) is 0 Å². The Morgan fingerprint density at radius 1 is 1.19 bits per heavy atom. The lowest BCUT2D eigenvalue weighted by Gasteiger charge is -2.21. The number of ether oxygens (including phenoxy) is 2. The molecule has 2 aromatic carbocycles. The molecule has 1 saturated heterocycles. The van der Waals surface area contributed by atoms with Gasteiger partial charge in [0.2, 0.25) is 12.7 Å². The maximum Gasteiger partial charge on any atom is 0.247 e. The van der Waals surface area contributed by atoms with Gasteiger partial charge in [0.25, 0.3) is 0 Å². The molecule has 5 rings (SSSR count). The minimum Gasteiger partial charge on any atom is -0.454 e. The Labute approximate surface area is 156 Å². The molecule has 3 aromatic rings. The van der Waals surface area contributed by atoms with Gasteiger partial charge >= 0.3 is 0 Å². The number of carbonyl (C=O) groups excluding carboxylic acids is 1. The molecule has 27 heavy (non-hydrogen) atoms. The van der Waals surface area contributed by atoms with E-state index >= 15 is 0 Å². The van der Waals surface area contributed by atoms with E-state index in [0.717, 1.165) is 47.6 Å². The average molecular weight is 361 g/mol. The lowest BCUT2D eigenvalue weighted by Crippen LogP contribution is -2.29. The van der Waals surface area contributed by atoms with Gasteiger partial charge < -0.3 is 19.4 Å². The molecular weight excluding hydrogens is 342 g/mol. The van der Waals surface area contributed by atoms with Crippen LogP contribution in [0.25, 0.3) is 17.1 Å². The summed E-state index contributed by atoms with van der Waals surface area (Å²) in [6.07, 6.45) is 5.34. The first-order chi connectivity index (χ1) is 13.3. The predicted molar refractivity (Wildman–Crippen MR) is 101 cm³/mol. The normalized spacial score (nSPS) is 18.7. The quantitative estimate of drug-likeness (QED) is 0.723. The Morgan fingerprint density at radius 2 is 2.07 bits per heavy atom. The fourth-order valence-electron chi connectivity index (χ4n) is 3.73. The number of hydrogen-bond acceptors (Lipinski definition) is 4. The number of aromatic nitrogens is 2. The number of hydrogen-bond donors (Lipinski definition) is 1. The second-order valence-corrected chi connectivity index (χ2v) is 6.77. The Morgan fingerprint density at radius 3 is 3.00 bits per heavy atom. The molecule has 1 fully saturated rings. The van der Waals surface area contributed by atoms with E-state index in [2.05, 4.69) is 9.97 Å². The standard InChI is InChI=1S/C21H19N3O3/c25-20(10-8-14-7-9-18-19(12-14)27-13-26-18)24-11-3-6-17(24)21-22-15-4-1-2-5-16(15)23-21/h1-2,4-5,7-10,12,17H,3,6,11,13H2,(H,22,23). The predicted octanol–water partition coefficient (Wildman–Crippen LogP) is 3.67. The van der Waals surface area contributed by atoms with E-state index in [0.29, 0.717) is 5.75 Å². The van der Waals surface area contributed by atoms with Crippen LogP contribution in [0.15, 0.2) is 48.5 Å². The topological polar surface area (TPSA) is 67.5 Å². The summed E-state index contributed by atoms with van der Waals surface area (Å²) in [7, 11) is 0. The second kappa shape index (κ2) is 6.46. The van der Waals surface area contributed by atoms with Crippen LogP contribution in [0.3, 0.4) is 0 Å². The molecule has 0 saturated carbocycles. The van der Waals surface area contributed by atoms with Crippen molar-refractivity contribution in [2.75, 3.05) is 13.3 Å². The zero-order chi connectivity index (χ0) is 18.2. The monoisotopic (exact) mass is 361 g/mol. The molecule has 0 bridgehead atoms. The van der Waals surface area contributed by atoms with Crippen molar-refractivity contribution >= 4 is 23.0 Å². The first-order valence-electron chi connectivity index (χ1n) is 9.11. The molecule has 2 aliphatic rings. The zero-order valence-electron chi connectivity index (χ0n) is 14.7. The number of carbonyl (C=O) groups is 1. The number of benzene rings is 2. The Kier molecular flexibility index (Phi) is 3.81. The molecular formula is C21H19N3O3. The van der Waals surface area contributed by atoms with Gasteiger partial charge in [0, 0.05) is 12.6 Å². The van der Waals surface area contributed by atoms with E-state index in [4.69, 9.17) is 9.47 Å². The van der Waals surface area contributed by atoms with Crippen LogP contribution >= 0.6 is 0 Å². The second-order valence-electron chi connectivity index (χ2n) is 6.77. The number of H-pyrrole nitrogens is 1. The van der Waals surface area contributed by atoms with Gasteiger partial charge in [-0.25, -0.2) is 4.98 Å². The van der Waals surface area contributed by atoms with Crippen molar-refractivity contribution in [3.63, 3.8) is 0 Å². The molecule has 1 amide bonds. The van der Waals surface area contributed by atoms with Crippen LogP contribution in [0.4, 0.5) is 0 Å². The van der Waals surface area contributed by atoms with Crippen molar-refractivity contribution in [2.45, 2.75) is 18.9 Å². The summed E-state index contributed by atoms with van der Waals surface area (Å²) in [5.41, 5.74) is 2.84. The van der Waals surface area contributed by atoms with E-state index in [-0.39, 0.29) is 18.7 Å². The third kappa shape index (κ3) is 2.93. The number of para-hydroxylation sites is 2. The number of fused-ring (bicyclic) bond motifs is 2. The number of likely N-dealkylation sites (tertiary alicyclic amines) is 1. The molecule has 0 spiro atoms. The Balaban J connectivity index is 1.35. The van der Waals surface area contributed by atoms with E-state index in [1.165, 1.54) is 0 Å². The van der Waals surface area contributed by atoms with Gasteiger partial charge in [-0.15, -0.1) is 0 Å². The molecule has 1 unspecified atom stereocenters. The summed E-state index contributed by atoms with van der Waals surface area (Å²) >= 11 is 0. The third-order valence-corrected chi connectivity index (χ3v) is 5.07. The maximum absolute atomic E-state index is 12.8. The van der Waals surface area contributed by atoms with E-state index < -0.39 is 0 Å². The Bertz CT molecular complexity index is 1010. The summed E-state index contributed by atoms with van der Waals surface area (Å²) in [4.78, 5) is 22.7. The van der Waals surface area contributed by atoms with Crippen LogP contribution < -0.4 is 9.47 Å². The van der Waals surface area contributed by atoms with Gasteiger partial charge in [-0.2, -0.15) is 0 Å². The Hall–Kier alpha value is -3.28. The van der Waals surface area contributed by atoms with Crippen LogP contribution in [0.1, 0.15) is 30.3 Å². The van der Waals surface area contributed by atoms with E-state index in [1.807, 2.05) is 53.4 Å². The first kappa shape index (κ1) is 15.9. The lowest BCUT2D eigenvalue weighted by molar-refractivity contribution is -0.126. The number of nitrogens with one attached hydrogen (secondary N) is 1. The van der Waals surface area contributed by atoms with Crippen LogP contribution in [0.2, 0.25) is 0 Å². The van der Waals surface area contributed by atoms with Gasteiger partial charge in [0.15, 0.2) is 11.5 Å². The number of nitrogens with zero attached hydrogens (tertiary/aromatic N) is 2.